The summed E-state index contributed by atoms with van der Waals surface area (Å²) in [5.41, 5.74) is 2.07. The zero-order valence-corrected chi connectivity index (χ0v) is 20.8. The zero-order chi connectivity index (χ0) is 25.5. The molecule has 1 aromatic heterocycles. The molecule has 0 spiro atoms. The summed E-state index contributed by atoms with van der Waals surface area (Å²) < 4.78 is 21.4. The molecule has 1 fully saturated rings. The van der Waals surface area contributed by atoms with Gasteiger partial charge in [-0.3, -0.25) is 14.3 Å². The third kappa shape index (κ3) is 6.71. The van der Waals surface area contributed by atoms with Gasteiger partial charge in [-0.15, -0.1) is 0 Å². The number of nitrogens with zero attached hydrogens (tertiary/aromatic N) is 4. The van der Waals surface area contributed by atoms with Gasteiger partial charge < -0.3 is 14.5 Å². The van der Waals surface area contributed by atoms with Crippen LogP contribution in [0.3, 0.4) is 0 Å². The Kier molecular flexibility index (Phi) is 8.36. The number of halogens is 1. The number of aryl methyl sites for hydroxylation is 2. The van der Waals surface area contributed by atoms with E-state index in [9.17, 15) is 14.0 Å². The van der Waals surface area contributed by atoms with Gasteiger partial charge >= 0.3 is 0 Å². The Morgan fingerprint density at radius 2 is 1.86 bits per heavy atom. The van der Waals surface area contributed by atoms with Crippen LogP contribution >= 0.6 is 0 Å². The standard InChI is InChI=1S/C28H33FN4O3/c1-21-12-15-30-33(21)17-14-27(34)32-16-13-26(36-25-10-8-24(29)9-11-25)23(20-32)18-28(35)31(2)19-22-6-4-3-5-7-22/h3-12,15,23,26H,13-14,16-20H2,1-2H3/t23-,26-/m0/s1. The lowest BCUT2D eigenvalue weighted by molar-refractivity contribution is -0.139. The Labute approximate surface area is 211 Å². The molecule has 8 heteroatoms. The van der Waals surface area contributed by atoms with Crippen LogP contribution in [0, 0.1) is 18.7 Å². The van der Waals surface area contributed by atoms with Crippen molar-refractivity contribution in [2.24, 2.45) is 5.92 Å². The van der Waals surface area contributed by atoms with Crippen molar-refractivity contribution >= 4 is 11.8 Å². The molecule has 1 saturated heterocycles. The number of likely N-dealkylation sites (tertiary alicyclic amines) is 1. The fourth-order valence-corrected chi connectivity index (χ4v) is 4.59. The number of hydrogen-bond acceptors (Lipinski definition) is 4. The number of benzene rings is 2. The summed E-state index contributed by atoms with van der Waals surface area (Å²) >= 11 is 0. The lowest BCUT2D eigenvalue weighted by atomic mass is 9.90. The Morgan fingerprint density at radius 3 is 2.56 bits per heavy atom. The number of hydrogen-bond donors (Lipinski definition) is 0. The third-order valence-electron chi connectivity index (χ3n) is 6.71. The van der Waals surface area contributed by atoms with E-state index in [-0.39, 0.29) is 36.1 Å². The third-order valence-corrected chi connectivity index (χ3v) is 6.71. The first-order valence-electron chi connectivity index (χ1n) is 12.4. The molecule has 2 atom stereocenters. The van der Waals surface area contributed by atoms with Crippen LogP contribution in [-0.2, 0) is 22.7 Å². The average Bonchev–Trinajstić information content (AvgIpc) is 3.30. The van der Waals surface area contributed by atoms with Crippen molar-refractivity contribution in [1.29, 1.82) is 0 Å². The molecule has 0 N–H and O–H groups in total. The lowest BCUT2D eigenvalue weighted by Gasteiger charge is -2.39. The van der Waals surface area contributed by atoms with E-state index in [1.165, 1.54) is 12.1 Å². The van der Waals surface area contributed by atoms with E-state index in [1.807, 2.05) is 52.9 Å². The molecule has 3 aromatic rings. The van der Waals surface area contributed by atoms with Gasteiger partial charge in [0.15, 0.2) is 0 Å². The molecule has 0 radical (unpaired) electrons. The highest BCUT2D eigenvalue weighted by Crippen LogP contribution is 2.27. The van der Waals surface area contributed by atoms with Gasteiger partial charge in [0.25, 0.3) is 0 Å². The molecule has 0 bridgehead atoms. The minimum absolute atomic E-state index is 0.00183. The average molecular weight is 493 g/mol. The van der Waals surface area contributed by atoms with Crippen LogP contribution in [0.2, 0.25) is 0 Å². The van der Waals surface area contributed by atoms with Crippen molar-refractivity contribution in [1.82, 2.24) is 19.6 Å². The summed E-state index contributed by atoms with van der Waals surface area (Å²) in [6, 6.07) is 17.7. The predicted molar refractivity (Wildman–Crippen MR) is 135 cm³/mol. The highest BCUT2D eigenvalue weighted by molar-refractivity contribution is 5.78. The van der Waals surface area contributed by atoms with Gasteiger partial charge in [0.2, 0.25) is 11.8 Å². The number of carbonyl (C=O) groups excluding carboxylic acids is 2. The smallest absolute Gasteiger partial charge is 0.224 e. The van der Waals surface area contributed by atoms with Crippen LogP contribution < -0.4 is 4.74 Å². The minimum atomic E-state index is -0.329. The molecule has 1 aliphatic rings. The molecular formula is C28H33FN4O3. The number of piperidine rings is 1. The van der Waals surface area contributed by atoms with Crippen molar-refractivity contribution in [3.63, 3.8) is 0 Å². The Morgan fingerprint density at radius 1 is 1.11 bits per heavy atom. The van der Waals surface area contributed by atoms with Crippen molar-refractivity contribution in [3.05, 3.63) is 83.9 Å². The fraction of sp³-hybridized carbons (Fsp3) is 0.393. The first kappa shape index (κ1) is 25.4. The topological polar surface area (TPSA) is 67.7 Å². The van der Waals surface area contributed by atoms with E-state index in [0.717, 1.165) is 11.3 Å². The van der Waals surface area contributed by atoms with Gasteiger partial charge in [-0.05, 0) is 42.8 Å². The summed E-state index contributed by atoms with van der Waals surface area (Å²) in [4.78, 5) is 29.7. The number of amides is 2. The van der Waals surface area contributed by atoms with Gasteiger partial charge in [0, 0.05) is 70.3 Å². The van der Waals surface area contributed by atoms with Crippen LogP contribution in [-0.4, -0.2) is 57.6 Å². The van der Waals surface area contributed by atoms with E-state index in [0.29, 0.717) is 44.8 Å². The molecule has 2 heterocycles. The highest BCUT2D eigenvalue weighted by Gasteiger charge is 2.35. The Hall–Kier alpha value is -3.68. The number of ether oxygens (including phenoxy) is 1. The molecule has 36 heavy (non-hydrogen) atoms. The van der Waals surface area contributed by atoms with Gasteiger partial charge in [0.1, 0.15) is 17.7 Å². The normalized spacial score (nSPS) is 17.6. The SMILES string of the molecule is Cc1ccnn1CCC(=O)N1CC[C@H](Oc2ccc(F)cc2)[C@@H](CC(=O)N(C)Cc2ccccc2)C1. The largest absolute Gasteiger partial charge is 0.490 e. The minimum Gasteiger partial charge on any atom is -0.490 e. The van der Waals surface area contributed by atoms with Crippen LogP contribution in [0.5, 0.6) is 5.75 Å². The zero-order valence-electron chi connectivity index (χ0n) is 20.8. The van der Waals surface area contributed by atoms with Gasteiger partial charge in [-0.2, -0.15) is 5.10 Å². The Bertz CT molecular complexity index is 1150. The lowest BCUT2D eigenvalue weighted by Crippen LogP contribution is -2.49. The fourth-order valence-electron chi connectivity index (χ4n) is 4.59. The molecule has 4 rings (SSSR count). The first-order chi connectivity index (χ1) is 17.4. The molecule has 7 nitrogen and oxygen atoms in total. The van der Waals surface area contributed by atoms with Crippen LogP contribution in [0.4, 0.5) is 4.39 Å². The molecule has 0 saturated carbocycles. The van der Waals surface area contributed by atoms with Crippen molar-refractivity contribution in [2.45, 2.75) is 45.4 Å². The second-order valence-electron chi connectivity index (χ2n) is 9.38. The predicted octanol–water partition coefficient (Wildman–Crippen LogP) is 4.07. The molecule has 0 unspecified atom stereocenters. The second-order valence-corrected chi connectivity index (χ2v) is 9.38. The van der Waals surface area contributed by atoms with Crippen molar-refractivity contribution in [2.75, 3.05) is 20.1 Å². The molecule has 2 aromatic carbocycles. The van der Waals surface area contributed by atoms with E-state index < -0.39 is 0 Å². The van der Waals surface area contributed by atoms with Crippen LogP contribution in [0.25, 0.3) is 0 Å². The van der Waals surface area contributed by atoms with Gasteiger partial charge in [0.05, 0.1) is 0 Å². The first-order valence-corrected chi connectivity index (χ1v) is 12.4. The molecular weight excluding hydrogens is 459 g/mol. The van der Waals surface area contributed by atoms with Crippen LogP contribution in [0.1, 0.15) is 30.5 Å². The summed E-state index contributed by atoms with van der Waals surface area (Å²) in [6.45, 7) is 3.99. The van der Waals surface area contributed by atoms with Gasteiger partial charge in [-0.1, -0.05) is 30.3 Å². The number of carbonyl (C=O) groups is 2. The summed E-state index contributed by atoms with van der Waals surface area (Å²) in [7, 11) is 1.79. The maximum atomic E-state index is 13.4. The van der Waals surface area contributed by atoms with E-state index in [1.54, 1.807) is 30.3 Å². The highest BCUT2D eigenvalue weighted by atomic mass is 19.1. The van der Waals surface area contributed by atoms with E-state index in [2.05, 4.69) is 5.10 Å². The summed E-state index contributed by atoms with van der Waals surface area (Å²) in [6.07, 6.45) is 2.69. The van der Waals surface area contributed by atoms with E-state index in [4.69, 9.17) is 4.74 Å². The molecule has 190 valence electrons. The van der Waals surface area contributed by atoms with Crippen LogP contribution in [0.15, 0.2) is 66.9 Å². The molecule has 1 aliphatic heterocycles. The molecule has 2 amide bonds. The Balaban J connectivity index is 1.42. The maximum absolute atomic E-state index is 13.4. The molecule has 0 aliphatic carbocycles. The monoisotopic (exact) mass is 492 g/mol. The summed E-state index contributed by atoms with van der Waals surface area (Å²) in [5, 5.41) is 4.26. The second kappa shape index (κ2) is 11.8. The maximum Gasteiger partial charge on any atom is 0.224 e. The van der Waals surface area contributed by atoms with E-state index >= 15 is 0 Å². The number of aromatic nitrogens is 2. The summed E-state index contributed by atoms with van der Waals surface area (Å²) in [5.74, 6) is 0.0954. The van der Waals surface area contributed by atoms with Crippen molar-refractivity contribution < 1.29 is 18.7 Å². The number of rotatable bonds is 9. The van der Waals surface area contributed by atoms with Gasteiger partial charge in [-0.25, -0.2) is 4.39 Å². The van der Waals surface area contributed by atoms with Crippen molar-refractivity contribution in [3.8, 4) is 5.75 Å². The quantitative estimate of drug-likeness (QED) is 0.452.